The van der Waals surface area contributed by atoms with Crippen LogP contribution in [0, 0.1) is 0 Å². The quantitative estimate of drug-likeness (QED) is 0.795. The summed E-state index contributed by atoms with van der Waals surface area (Å²) in [5.74, 6) is -0.106. The fourth-order valence-electron chi connectivity index (χ4n) is 1.90. The van der Waals surface area contributed by atoms with Crippen molar-refractivity contribution in [2.24, 2.45) is 0 Å². The molecule has 0 unspecified atom stereocenters. The molecule has 0 saturated heterocycles. The van der Waals surface area contributed by atoms with Crippen LogP contribution in [0.5, 0.6) is 0 Å². The zero-order valence-electron chi connectivity index (χ0n) is 13.0. The van der Waals surface area contributed by atoms with Gasteiger partial charge in [0.25, 0.3) is 0 Å². The van der Waals surface area contributed by atoms with Crippen molar-refractivity contribution in [1.82, 2.24) is 4.90 Å². The molecule has 1 aromatic rings. The number of carbonyl (C=O) groups excluding carboxylic acids is 1. The molecule has 4 heteroatoms. The molecule has 0 bridgehead atoms. The van der Waals surface area contributed by atoms with Gasteiger partial charge in [0, 0.05) is 12.2 Å². The van der Waals surface area contributed by atoms with Crippen LogP contribution in [0.4, 0.5) is 5.69 Å². The summed E-state index contributed by atoms with van der Waals surface area (Å²) >= 11 is 0. The highest BCUT2D eigenvalue weighted by Gasteiger charge is 2.09. The average Bonchev–Trinajstić information content (AvgIpc) is 2.44. The van der Waals surface area contributed by atoms with E-state index in [1.54, 1.807) is 0 Å². The minimum atomic E-state index is -0.106. The SMILES string of the molecule is CCN(CC)Cc1ccccc1NC(=O)COC(C)C. The Hall–Kier alpha value is -1.39. The monoisotopic (exact) mass is 278 g/mol. The van der Waals surface area contributed by atoms with Gasteiger partial charge in [0.1, 0.15) is 6.61 Å². The molecule has 0 aliphatic rings. The lowest BCUT2D eigenvalue weighted by Gasteiger charge is -2.20. The van der Waals surface area contributed by atoms with Crippen LogP contribution in [0.3, 0.4) is 0 Å². The van der Waals surface area contributed by atoms with E-state index in [4.69, 9.17) is 4.74 Å². The smallest absolute Gasteiger partial charge is 0.250 e. The number of para-hydroxylation sites is 1. The van der Waals surface area contributed by atoms with Crippen molar-refractivity contribution in [3.63, 3.8) is 0 Å². The van der Waals surface area contributed by atoms with Crippen LogP contribution in [0.1, 0.15) is 33.3 Å². The number of anilines is 1. The first-order valence-electron chi connectivity index (χ1n) is 7.28. The van der Waals surface area contributed by atoms with Crippen LogP contribution in [0.2, 0.25) is 0 Å². The normalized spacial score (nSPS) is 11.1. The van der Waals surface area contributed by atoms with E-state index < -0.39 is 0 Å². The van der Waals surface area contributed by atoms with E-state index in [1.807, 2.05) is 32.0 Å². The lowest BCUT2D eigenvalue weighted by atomic mass is 10.1. The third-order valence-electron chi connectivity index (χ3n) is 3.13. The summed E-state index contributed by atoms with van der Waals surface area (Å²) in [6.07, 6.45) is 0.0617. The van der Waals surface area contributed by atoms with Crippen molar-refractivity contribution in [2.45, 2.75) is 40.3 Å². The van der Waals surface area contributed by atoms with Gasteiger partial charge in [-0.2, -0.15) is 0 Å². The summed E-state index contributed by atoms with van der Waals surface area (Å²) < 4.78 is 5.32. The number of nitrogens with one attached hydrogen (secondary N) is 1. The summed E-state index contributed by atoms with van der Waals surface area (Å²) in [5.41, 5.74) is 2.01. The number of amides is 1. The minimum Gasteiger partial charge on any atom is -0.369 e. The molecule has 1 amide bonds. The van der Waals surface area contributed by atoms with Gasteiger partial charge in [-0.25, -0.2) is 0 Å². The summed E-state index contributed by atoms with van der Waals surface area (Å²) in [6.45, 7) is 11.0. The first-order valence-corrected chi connectivity index (χ1v) is 7.28. The highest BCUT2D eigenvalue weighted by Crippen LogP contribution is 2.17. The molecule has 0 saturated carbocycles. The summed E-state index contributed by atoms with van der Waals surface area (Å²) in [4.78, 5) is 14.2. The third-order valence-corrected chi connectivity index (χ3v) is 3.13. The van der Waals surface area contributed by atoms with Crippen LogP contribution in [0.15, 0.2) is 24.3 Å². The molecule has 0 atom stereocenters. The standard InChI is InChI=1S/C16H26N2O2/c1-5-18(6-2)11-14-9-7-8-10-15(14)17-16(19)12-20-13(3)4/h7-10,13H,5-6,11-12H2,1-4H3,(H,17,19). The van der Waals surface area contributed by atoms with E-state index in [-0.39, 0.29) is 18.6 Å². The van der Waals surface area contributed by atoms with E-state index in [1.165, 1.54) is 0 Å². The van der Waals surface area contributed by atoms with E-state index >= 15 is 0 Å². The van der Waals surface area contributed by atoms with Gasteiger partial charge in [-0.1, -0.05) is 32.0 Å². The maximum absolute atomic E-state index is 11.8. The molecular formula is C16H26N2O2. The Morgan fingerprint density at radius 1 is 1.25 bits per heavy atom. The Bertz CT molecular complexity index is 415. The van der Waals surface area contributed by atoms with Gasteiger partial charge in [-0.05, 0) is 38.6 Å². The van der Waals surface area contributed by atoms with Crippen molar-refractivity contribution in [2.75, 3.05) is 25.0 Å². The second-order valence-electron chi connectivity index (χ2n) is 5.03. The number of benzene rings is 1. The highest BCUT2D eigenvalue weighted by atomic mass is 16.5. The lowest BCUT2D eigenvalue weighted by Crippen LogP contribution is -2.25. The molecule has 1 rings (SSSR count). The maximum atomic E-state index is 11.8. The number of hydrogen-bond donors (Lipinski definition) is 1. The Kier molecular flexibility index (Phi) is 7.26. The van der Waals surface area contributed by atoms with Gasteiger partial charge in [0.2, 0.25) is 5.91 Å². The van der Waals surface area contributed by atoms with Crippen molar-refractivity contribution < 1.29 is 9.53 Å². The third kappa shape index (κ3) is 5.72. The first-order chi connectivity index (χ1) is 9.56. The topological polar surface area (TPSA) is 41.6 Å². The van der Waals surface area contributed by atoms with Gasteiger partial charge in [0.05, 0.1) is 6.10 Å². The molecule has 0 radical (unpaired) electrons. The molecule has 0 aromatic heterocycles. The second kappa shape index (κ2) is 8.72. The number of rotatable bonds is 8. The molecule has 0 spiro atoms. The van der Waals surface area contributed by atoms with E-state index in [2.05, 4.69) is 30.1 Å². The van der Waals surface area contributed by atoms with E-state index in [0.717, 1.165) is 30.9 Å². The fourth-order valence-corrected chi connectivity index (χ4v) is 1.90. The van der Waals surface area contributed by atoms with Crippen molar-refractivity contribution >= 4 is 11.6 Å². The Labute approximate surface area is 122 Å². The molecule has 20 heavy (non-hydrogen) atoms. The first kappa shape index (κ1) is 16.7. The Morgan fingerprint density at radius 3 is 2.50 bits per heavy atom. The summed E-state index contributed by atoms with van der Waals surface area (Å²) in [6, 6.07) is 7.92. The summed E-state index contributed by atoms with van der Waals surface area (Å²) in [7, 11) is 0. The molecule has 0 aliphatic carbocycles. The van der Waals surface area contributed by atoms with Gasteiger partial charge < -0.3 is 10.1 Å². The van der Waals surface area contributed by atoms with Crippen molar-refractivity contribution in [3.05, 3.63) is 29.8 Å². The zero-order chi connectivity index (χ0) is 15.0. The second-order valence-corrected chi connectivity index (χ2v) is 5.03. The molecule has 1 N–H and O–H groups in total. The van der Waals surface area contributed by atoms with E-state index in [0.29, 0.717) is 0 Å². The number of ether oxygens (including phenoxy) is 1. The average molecular weight is 278 g/mol. The van der Waals surface area contributed by atoms with Crippen LogP contribution < -0.4 is 5.32 Å². The molecule has 0 fully saturated rings. The predicted octanol–water partition coefficient (Wildman–Crippen LogP) is 2.89. The number of hydrogen-bond acceptors (Lipinski definition) is 3. The van der Waals surface area contributed by atoms with Gasteiger partial charge in [-0.15, -0.1) is 0 Å². The number of nitrogens with zero attached hydrogens (tertiary/aromatic N) is 1. The number of carbonyl (C=O) groups is 1. The molecule has 4 nitrogen and oxygen atoms in total. The molecule has 1 aromatic carbocycles. The van der Waals surface area contributed by atoms with Gasteiger partial charge >= 0.3 is 0 Å². The van der Waals surface area contributed by atoms with Crippen LogP contribution in [0.25, 0.3) is 0 Å². The van der Waals surface area contributed by atoms with Crippen LogP contribution in [-0.2, 0) is 16.1 Å². The Balaban J connectivity index is 2.67. The van der Waals surface area contributed by atoms with Crippen molar-refractivity contribution in [1.29, 1.82) is 0 Å². The molecular weight excluding hydrogens is 252 g/mol. The molecule has 0 aliphatic heterocycles. The zero-order valence-corrected chi connectivity index (χ0v) is 13.0. The van der Waals surface area contributed by atoms with Gasteiger partial charge in [0.15, 0.2) is 0 Å². The largest absolute Gasteiger partial charge is 0.369 e. The van der Waals surface area contributed by atoms with Gasteiger partial charge in [-0.3, -0.25) is 9.69 Å². The summed E-state index contributed by atoms with van der Waals surface area (Å²) in [5, 5.41) is 2.93. The molecule has 112 valence electrons. The van der Waals surface area contributed by atoms with Crippen molar-refractivity contribution in [3.8, 4) is 0 Å². The Morgan fingerprint density at radius 2 is 1.90 bits per heavy atom. The maximum Gasteiger partial charge on any atom is 0.250 e. The molecule has 0 heterocycles. The van der Waals surface area contributed by atoms with E-state index in [9.17, 15) is 4.79 Å². The lowest BCUT2D eigenvalue weighted by molar-refractivity contribution is -0.121. The van der Waals surface area contributed by atoms with Crippen LogP contribution in [-0.4, -0.2) is 36.6 Å². The highest BCUT2D eigenvalue weighted by molar-refractivity contribution is 5.92. The fraction of sp³-hybridized carbons (Fsp3) is 0.562. The minimum absolute atomic E-state index is 0.0617. The van der Waals surface area contributed by atoms with Crippen LogP contribution >= 0.6 is 0 Å². The predicted molar refractivity (Wildman–Crippen MR) is 82.8 cm³/mol.